The predicted octanol–water partition coefficient (Wildman–Crippen LogP) is 5.14. The number of amides is 1. The van der Waals surface area contributed by atoms with Gasteiger partial charge in [0.25, 0.3) is 5.91 Å². The number of carbonyl (C=O) groups is 1. The molecule has 0 radical (unpaired) electrons. The molecule has 4 atom stereocenters. The fourth-order valence-corrected chi connectivity index (χ4v) is 3.92. The lowest BCUT2D eigenvalue weighted by atomic mass is 9.98. The van der Waals surface area contributed by atoms with Gasteiger partial charge in [-0.15, -0.1) is 6.58 Å². The van der Waals surface area contributed by atoms with Crippen LogP contribution in [-0.2, 0) is 4.79 Å². The van der Waals surface area contributed by atoms with Gasteiger partial charge in [-0.3, -0.25) is 4.79 Å². The summed E-state index contributed by atoms with van der Waals surface area (Å²) >= 11 is 0. The van der Waals surface area contributed by atoms with Crippen LogP contribution in [0.25, 0.3) is 0 Å². The topological polar surface area (TPSA) is 73.4 Å². The maximum atomic E-state index is 12.7. The van der Waals surface area contributed by atoms with E-state index < -0.39 is 12.1 Å². The summed E-state index contributed by atoms with van der Waals surface area (Å²) in [5.74, 6) is 1.27. The molecule has 1 rings (SSSR count). The quantitative estimate of drug-likeness (QED) is 0.232. The number of aliphatic hydroxyl groups is 1. The second-order valence-electron chi connectivity index (χ2n) is 9.34. The van der Waals surface area contributed by atoms with Crippen molar-refractivity contribution in [2.24, 2.45) is 23.7 Å². The number of hydrogen-bond acceptors (Lipinski definition) is 4. The van der Waals surface area contributed by atoms with Crippen LogP contribution in [0.3, 0.4) is 0 Å². The fourth-order valence-electron chi connectivity index (χ4n) is 3.92. The lowest BCUT2D eigenvalue weighted by Crippen LogP contribution is -2.39. The first-order valence-corrected chi connectivity index (χ1v) is 12.2. The van der Waals surface area contributed by atoms with Crippen molar-refractivity contribution in [3.8, 4) is 0 Å². The van der Waals surface area contributed by atoms with Gasteiger partial charge in [-0.25, -0.2) is 0 Å². The molecule has 0 aromatic rings. The lowest BCUT2D eigenvalue weighted by Gasteiger charge is -2.25. The zero-order chi connectivity index (χ0) is 25.6. The molecule has 0 bridgehead atoms. The van der Waals surface area contributed by atoms with Crippen LogP contribution >= 0.6 is 0 Å². The van der Waals surface area contributed by atoms with Gasteiger partial charge in [-0.2, -0.15) is 13.2 Å². The van der Waals surface area contributed by atoms with Gasteiger partial charge in [0.1, 0.15) is 5.82 Å². The molecule has 1 amide bonds. The monoisotopic (exact) mass is 477 g/mol. The van der Waals surface area contributed by atoms with Gasteiger partial charge in [0, 0.05) is 38.6 Å². The van der Waals surface area contributed by atoms with Crippen molar-refractivity contribution in [3.05, 3.63) is 24.0 Å². The van der Waals surface area contributed by atoms with E-state index in [0.29, 0.717) is 30.3 Å². The summed E-state index contributed by atoms with van der Waals surface area (Å²) in [5, 5.41) is 19.0. The Kier molecular flexibility index (Phi) is 15.2. The molecular formula is C25H46F3N3O2. The van der Waals surface area contributed by atoms with Crippen LogP contribution in [0.15, 0.2) is 24.0 Å². The smallest absolute Gasteiger partial charge is 0.391 e. The molecule has 8 heteroatoms. The van der Waals surface area contributed by atoms with E-state index >= 15 is 0 Å². The highest BCUT2D eigenvalue weighted by Gasteiger charge is 2.31. The molecule has 3 unspecified atom stereocenters. The van der Waals surface area contributed by atoms with E-state index in [-0.39, 0.29) is 18.6 Å². The van der Waals surface area contributed by atoms with Crippen LogP contribution in [0.2, 0.25) is 0 Å². The summed E-state index contributed by atoms with van der Waals surface area (Å²) < 4.78 is 33.5. The maximum Gasteiger partial charge on any atom is 0.391 e. The summed E-state index contributed by atoms with van der Waals surface area (Å²) in [7, 11) is 1.80. The summed E-state index contributed by atoms with van der Waals surface area (Å²) in [5.41, 5.74) is 0.584. The van der Waals surface area contributed by atoms with E-state index in [9.17, 15) is 23.1 Å². The maximum absolute atomic E-state index is 12.7. The number of halogens is 3. The molecule has 1 aliphatic carbocycles. The summed E-state index contributed by atoms with van der Waals surface area (Å²) in [6, 6.07) is 0.154. The molecule has 0 spiro atoms. The minimum atomic E-state index is -4.00. The van der Waals surface area contributed by atoms with E-state index in [1.807, 2.05) is 6.08 Å². The summed E-state index contributed by atoms with van der Waals surface area (Å²) in [6.45, 7) is 13.3. The number of nitrogens with one attached hydrogen (secondary N) is 3. The Morgan fingerprint density at radius 1 is 1.24 bits per heavy atom. The molecule has 1 aliphatic rings. The second kappa shape index (κ2) is 16.0. The van der Waals surface area contributed by atoms with E-state index in [0.717, 1.165) is 38.5 Å². The normalized spacial score (nSPS) is 20.8. The number of aliphatic hydroxyl groups excluding tert-OH is 1. The van der Waals surface area contributed by atoms with E-state index in [4.69, 9.17) is 0 Å². The van der Waals surface area contributed by atoms with Gasteiger partial charge in [0.05, 0.1) is 5.57 Å². The van der Waals surface area contributed by atoms with E-state index in [1.165, 1.54) is 19.3 Å². The van der Waals surface area contributed by atoms with Gasteiger partial charge in [-0.1, -0.05) is 46.6 Å². The molecule has 0 saturated heterocycles. The number of rotatable bonds is 12. The SMILES string of the molecule is C=C[C@@H](CC)C(C)N/C(NC)=C(\CCO)C(=O)NCCC1CCC(C)C1.CC(C)C(F)(F)F. The molecule has 0 aliphatic heterocycles. The van der Waals surface area contributed by atoms with Crippen molar-refractivity contribution in [1.82, 2.24) is 16.0 Å². The first-order chi connectivity index (χ1) is 15.4. The number of hydrogen-bond donors (Lipinski definition) is 4. The van der Waals surface area contributed by atoms with Crippen molar-refractivity contribution in [1.29, 1.82) is 0 Å². The van der Waals surface area contributed by atoms with Crippen LogP contribution in [0.5, 0.6) is 0 Å². The highest BCUT2D eigenvalue weighted by molar-refractivity contribution is 5.94. The first-order valence-electron chi connectivity index (χ1n) is 12.2. The molecule has 4 N–H and O–H groups in total. The zero-order valence-electron chi connectivity index (χ0n) is 21.3. The van der Waals surface area contributed by atoms with Crippen molar-refractivity contribution < 1.29 is 23.1 Å². The predicted molar refractivity (Wildman–Crippen MR) is 129 cm³/mol. The molecule has 0 heterocycles. The zero-order valence-corrected chi connectivity index (χ0v) is 21.3. The van der Waals surface area contributed by atoms with Crippen LogP contribution in [0, 0.1) is 23.7 Å². The molecule has 1 saturated carbocycles. The molecular weight excluding hydrogens is 431 g/mol. The van der Waals surface area contributed by atoms with Gasteiger partial charge >= 0.3 is 6.18 Å². The molecule has 0 aromatic heterocycles. The number of carbonyl (C=O) groups excluding carboxylic acids is 1. The van der Waals surface area contributed by atoms with Crippen molar-refractivity contribution >= 4 is 5.91 Å². The molecule has 5 nitrogen and oxygen atoms in total. The van der Waals surface area contributed by atoms with Crippen LogP contribution in [0.4, 0.5) is 13.2 Å². The highest BCUT2D eigenvalue weighted by Crippen LogP contribution is 2.32. The highest BCUT2D eigenvalue weighted by atomic mass is 19.4. The van der Waals surface area contributed by atoms with Crippen molar-refractivity contribution in [3.63, 3.8) is 0 Å². The molecule has 1 fully saturated rings. The first kappa shape index (κ1) is 31.3. The average Bonchev–Trinajstić information content (AvgIpc) is 3.16. The Bertz CT molecular complexity index is 606. The van der Waals surface area contributed by atoms with Crippen LogP contribution in [-0.4, -0.2) is 43.4 Å². The van der Waals surface area contributed by atoms with E-state index in [2.05, 4.69) is 43.3 Å². The fraction of sp³-hybridized carbons (Fsp3) is 0.800. The van der Waals surface area contributed by atoms with Crippen LogP contribution < -0.4 is 16.0 Å². The van der Waals surface area contributed by atoms with Gasteiger partial charge in [0.2, 0.25) is 0 Å². The lowest BCUT2D eigenvalue weighted by molar-refractivity contribution is -0.164. The van der Waals surface area contributed by atoms with Gasteiger partial charge in [0.15, 0.2) is 0 Å². The second-order valence-corrected chi connectivity index (χ2v) is 9.34. The molecule has 194 valence electrons. The minimum Gasteiger partial charge on any atom is -0.396 e. The van der Waals surface area contributed by atoms with Crippen molar-refractivity contribution in [2.75, 3.05) is 20.2 Å². The summed E-state index contributed by atoms with van der Waals surface area (Å²) in [4.78, 5) is 12.7. The third kappa shape index (κ3) is 12.4. The summed E-state index contributed by atoms with van der Waals surface area (Å²) in [6.07, 6.45) is 4.15. The standard InChI is InChI=1S/C21H39N3O2.C4H7F3/c1-6-18(7-2)16(4)24-20(22-5)19(11-13-25)21(26)23-12-10-17-9-8-15(3)14-17;1-3(2)4(5,6)7/h6,15-18,22,24-25H,1,7-14H2,2-5H3,(H,23,26);3H,1-2H3/b20-19+;/t15?,16?,17?,18-;/m0./s1. The van der Waals surface area contributed by atoms with Gasteiger partial charge in [-0.05, 0) is 43.9 Å². The number of alkyl halides is 3. The largest absolute Gasteiger partial charge is 0.396 e. The Labute approximate surface area is 198 Å². The van der Waals surface area contributed by atoms with Gasteiger partial charge < -0.3 is 21.1 Å². The Hall–Kier alpha value is -1.70. The molecule has 33 heavy (non-hydrogen) atoms. The van der Waals surface area contributed by atoms with E-state index in [1.54, 1.807) is 7.05 Å². The Balaban J connectivity index is 0.00000126. The van der Waals surface area contributed by atoms with Crippen LogP contribution in [0.1, 0.15) is 73.1 Å². The third-order valence-electron chi connectivity index (χ3n) is 6.27. The van der Waals surface area contributed by atoms with Crippen molar-refractivity contribution in [2.45, 2.75) is 85.4 Å². The minimum absolute atomic E-state index is 0.0528. The Morgan fingerprint density at radius 2 is 1.85 bits per heavy atom. The average molecular weight is 478 g/mol. The molecule has 0 aromatic carbocycles. The third-order valence-corrected chi connectivity index (χ3v) is 6.27. The Morgan fingerprint density at radius 3 is 2.24 bits per heavy atom.